The summed E-state index contributed by atoms with van der Waals surface area (Å²) in [4.78, 5) is 0. The maximum absolute atomic E-state index is 3.45. The van der Waals surface area contributed by atoms with Crippen LogP contribution in [0.5, 0.6) is 0 Å². The second kappa shape index (κ2) is 17.8. The fraction of sp³-hybridized carbons (Fsp3) is 0.0769. The van der Waals surface area contributed by atoms with Gasteiger partial charge in [-0.05, 0) is 12.0 Å². The monoisotopic (exact) mass is 525 g/mol. The Labute approximate surface area is 188 Å². The van der Waals surface area contributed by atoms with Gasteiger partial charge in [-0.15, -0.1) is 11.6 Å². The van der Waals surface area contributed by atoms with Gasteiger partial charge in [-0.25, -0.2) is 18.2 Å². The summed E-state index contributed by atoms with van der Waals surface area (Å²) < 4.78 is 0. The Balaban J connectivity index is -0.000000214. The molecule has 1 heteroatoms. The second-order valence-electron chi connectivity index (χ2n) is 5.14. The molecule has 0 heterocycles. The summed E-state index contributed by atoms with van der Waals surface area (Å²) in [5.74, 6) is 0.429. The van der Waals surface area contributed by atoms with Gasteiger partial charge in [0.05, 0.1) is 0 Å². The van der Waals surface area contributed by atoms with Gasteiger partial charge < -0.3 is 37.1 Å². The molecule has 1 aliphatic rings. The molecule has 1 unspecified atom stereocenters. The standard InChI is InChI=1S/C16H13.C5H5.5CH3.Hf/c1-2-6-13(7-3-1)12-15-11-10-14-8-4-5-9-16(14)15;1-2-4-5-3-1;;;;;;/h1-10,15H,12H2;1-5H;5*1H3;/q7*-1;. The predicted molar refractivity (Wildman–Crippen MR) is 121 cm³/mol. The van der Waals surface area contributed by atoms with Gasteiger partial charge in [-0.1, -0.05) is 54.4 Å². The maximum atomic E-state index is 3.45. The molecule has 3 aromatic carbocycles. The summed E-state index contributed by atoms with van der Waals surface area (Å²) in [6.45, 7) is 0. The fourth-order valence-corrected chi connectivity index (χ4v) is 2.58. The summed E-state index contributed by atoms with van der Waals surface area (Å²) >= 11 is 0. The van der Waals surface area contributed by atoms with Gasteiger partial charge in [0.2, 0.25) is 0 Å². The molecule has 0 aliphatic heterocycles. The molecule has 4 rings (SSSR count). The molecule has 0 amide bonds. The number of hydrogen-bond acceptors (Lipinski definition) is 0. The van der Waals surface area contributed by atoms with E-state index in [2.05, 4.69) is 66.7 Å². The SMILES string of the molecule is [C-]1=Cc2ccccc2C1Cc1ccccc1.[CH3-].[CH3-].[CH3-].[CH3-].[CH3-].[Hf].c1cc[cH-]c1. The Hall–Kier alpha value is -1.60. The van der Waals surface area contributed by atoms with E-state index < -0.39 is 0 Å². The van der Waals surface area contributed by atoms with Crippen LogP contribution in [0.4, 0.5) is 0 Å². The number of allylic oxidation sites excluding steroid dienone is 1. The first-order valence-electron chi connectivity index (χ1n) is 7.32. The van der Waals surface area contributed by atoms with Crippen molar-refractivity contribution in [2.45, 2.75) is 12.3 Å². The topological polar surface area (TPSA) is 0 Å². The van der Waals surface area contributed by atoms with Gasteiger partial charge >= 0.3 is 0 Å². The van der Waals surface area contributed by atoms with Crippen molar-refractivity contribution in [1.29, 1.82) is 0 Å². The summed E-state index contributed by atoms with van der Waals surface area (Å²) in [6.07, 6.45) is 6.61. The zero-order valence-electron chi connectivity index (χ0n) is 17.4. The molecule has 0 fully saturated rings. The molecule has 0 saturated carbocycles. The van der Waals surface area contributed by atoms with Crippen molar-refractivity contribution in [2.24, 2.45) is 0 Å². The molecule has 0 saturated heterocycles. The predicted octanol–water partition coefficient (Wildman–Crippen LogP) is 7.50. The van der Waals surface area contributed by atoms with E-state index in [9.17, 15) is 0 Å². The third kappa shape index (κ3) is 9.77. The molecular formula is C26H33Hf-7. The summed E-state index contributed by atoms with van der Waals surface area (Å²) in [7, 11) is 0. The minimum atomic E-state index is 0. The van der Waals surface area contributed by atoms with E-state index in [1.165, 1.54) is 16.7 Å². The smallest absolute Gasteiger partial charge is 0 e. The molecular weight excluding hydrogens is 491 g/mol. The molecule has 1 aliphatic carbocycles. The van der Waals surface area contributed by atoms with Crippen molar-refractivity contribution < 1.29 is 25.8 Å². The van der Waals surface area contributed by atoms with Crippen LogP contribution in [0, 0.1) is 43.2 Å². The third-order valence-electron chi connectivity index (χ3n) is 3.65. The van der Waals surface area contributed by atoms with Crippen molar-refractivity contribution in [1.82, 2.24) is 0 Å². The largest absolute Gasteiger partial charge is 0.358 e. The molecule has 1 atom stereocenters. The molecule has 27 heavy (non-hydrogen) atoms. The van der Waals surface area contributed by atoms with E-state index in [-0.39, 0.29) is 63.0 Å². The quantitative estimate of drug-likeness (QED) is 0.241. The minimum Gasteiger partial charge on any atom is -0.358 e. The van der Waals surface area contributed by atoms with Gasteiger partial charge in [0.1, 0.15) is 0 Å². The van der Waals surface area contributed by atoms with Crippen LogP contribution < -0.4 is 0 Å². The van der Waals surface area contributed by atoms with Crippen molar-refractivity contribution in [2.75, 3.05) is 0 Å². The minimum absolute atomic E-state index is 0. The first-order chi connectivity index (χ1) is 10.4. The molecule has 148 valence electrons. The van der Waals surface area contributed by atoms with Crippen molar-refractivity contribution >= 4 is 6.08 Å². The zero-order chi connectivity index (χ0) is 14.3. The molecule has 0 bridgehead atoms. The normalized spacial score (nSPS) is 11.8. The number of fused-ring (bicyclic) bond motifs is 1. The van der Waals surface area contributed by atoms with Gasteiger partial charge in [0.25, 0.3) is 0 Å². The fourth-order valence-electron chi connectivity index (χ4n) is 2.58. The van der Waals surface area contributed by atoms with Gasteiger partial charge in [0.15, 0.2) is 0 Å². The molecule has 0 nitrogen and oxygen atoms in total. The van der Waals surface area contributed by atoms with E-state index >= 15 is 0 Å². The number of hydrogen-bond donors (Lipinski definition) is 0. The first-order valence-corrected chi connectivity index (χ1v) is 7.32. The van der Waals surface area contributed by atoms with Gasteiger partial charge in [-0.3, -0.25) is 6.08 Å². The Kier molecular flexibility index (Phi) is 21.8. The summed E-state index contributed by atoms with van der Waals surface area (Å²) in [5.41, 5.74) is 4.11. The van der Waals surface area contributed by atoms with Crippen LogP contribution in [-0.4, -0.2) is 0 Å². The van der Waals surface area contributed by atoms with Crippen LogP contribution in [0.3, 0.4) is 0 Å². The second-order valence-corrected chi connectivity index (χ2v) is 5.14. The van der Waals surface area contributed by atoms with E-state index in [0.29, 0.717) is 5.92 Å². The Morgan fingerprint density at radius 2 is 1.26 bits per heavy atom. The zero-order valence-corrected chi connectivity index (χ0v) is 21.0. The van der Waals surface area contributed by atoms with Crippen molar-refractivity contribution in [3.63, 3.8) is 0 Å². The van der Waals surface area contributed by atoms with Crippen LogP contribution in [0.2, 0.25) is 0 Å². The van der Waals surface area contributed by atoms with E-state index in [0.717, 1.165) is 6.42 Å². The van der Waals surface area contributed by atoms with Crippen LogP contribution in [-0.2, 0) is 32.3 Å². The van der Waals surface area contributed by atoms with Crippen LogP contribution in [0.25, 0.3) is 6.08 Å². The summed E-state index contributed by atoms with van der Waals surface area (Å²) in [6, 6.07) is 29.2. The average Bonchev–Trinajstić information content (AvgIpc) is 3.22. The van der Waals surface area contributed by atoms with Gasteiger partial charge in [0, 0.05) is 25.8 Å². The number of benzene rings is 2. The van der Waals surface area contributed by atoms with Crippen molar-refractivity contribution in [3.8, 4) is 0 Å². The molecule has 0 radical (unpaired) electrons. The average molecular weight is 524 g/mol. The Morgan fingerprint density at radius 1 is 0.704 bits per heavy atom. The molecule has 3 aromatic rings. The van der Waals surface area contributed by atoms with Crippen LogP contribution in [0.15, 0.2) is 84.9 Å². The Morgan fingerprint density at radius 3 is 1.81 bits per heavy atom. The number of rotatable bonds is 2. The van der Waals surface area contributed by atoms with Crippen LogP contribution in [0.1, 0.15) is 22.6 Å². The summed E-state index contributed by atoms with van der Waals surface area (Å²) in [5, 5.41) is 0. The first kappa shape index (κ1) is 33.0. The van der Waals surface area contributed by atoms with Crippen molar-refractivity contribution in [3.05, 3.63) is 145 Å². The maximum Gasteiger partial charge on any atom is 0 e. The third-order valence-corrected chi connectivity index (χ3v) is 3.65. The van der Waals surface area contributed by atoms with E-state index in [1.807, 2.05) is 30.3 Å². The van der Waals surface area contributed by atoms with E-state index in [4.69, 9.17) is 0 Å². The molecule has 0 aromatic heterocycles. The van der Waals surface area contributed by atoms with Crippen LogP contribution >= 0.6 is 0 Å². The van der Waals surface area contributed by atoms with Gasteiger partial charge in [-0.2, -0.15) is 23.8 Å². The molecule has 0 spiro atoms. The Bertz CT molecular complexity index is 664. The van der Waals surface area contributed by atoms with E-state index in [1.54, 1.807) is 0 Å². The molecule has 0 N–H and O–H groups in total.